The first kappa shape index (κ1) is 11.4. The zero-order chi connectivity index (χ0) is 11.8. The van der Waals surface area contributed by atoms with Gasteiger partial charge in [0, 0.05) is 6.54 Å². The molecule has 1 aliphatic rings. The van der Waals surface area contributed by atoms with Crippen molar-refractivity contribution in [2.45, 2.75) is 23.8 Å². The lowest BCUT2D eigenvalue weighted by Gasteiger charge is -2.10. The number of nitrogens with zero attached hydrogens (tertiary/aromatic N) is 1. The summed E-state index contributed by atoms with van der Waals surface area (Å²) < 4.78 is 25.7. The quantitative estimate of drug-likeness (QED) is 0.533. The van der Waals surface area contributed by atoms with Crippen molar-refractivity contribution in [1.82, 2.24) is 14.9 Å². The van der Waals surface area contributed by atoms with Gasteiger partial charge in [-0.15, -0.1) is 0 Å². The van der Waals surface area contributed by atoms with E-state index in [1.54, 1.807) is 0 Å². The molecule has 0 aliphatic heterocycles. The summed E-state index contributed by atoms with van der Waals surface area (Å²) in [6, 6.07) is 0. The third kappa shape index (κ3) is 2.34. The maximum absolute atomic E-state index is 11.7. The molecule has 0 saturated heterocycles. The fraction of sp³-hybridized carbons (Fsp3) is 0.625. The molecule has 8 heteroatoms. The van der Waals surface area contributed by atoms with Crippen LogP contribution in [0.1, 0.15) is 12.8 Å². The van der Waals surface area contributed by atoms with Crippen molar-refractivity contribution in [3.05, 3.63) is 6.20 Å². The Labute approximate surface area is 93.1 Å². The lowest BCUT2D eigenvalue weighted by atomic mass is 10.2. The average Bonchev–Trinajstić information content (AvgIpc) is 2.98. The molecule has 16 heavy (non-hydrogen) atoms. The van der Waals surface area contributed by atoms with Crippen LogP contribution in [0.4, 0.5) is 5.82 Å². The van der Waals surface area contributed by atoms with Crippen molar-refractivity contribution in [2.24, 2.45) is 5.92 Å². The predicted molar refractivity (Wildman–Crippen MR) is 56.9 cm³/mol. The Morgan fingerprint density at radius 1 is 1.69 bits per heavy atom. The normalized spacial score (nSPS) is 18.6. The minimum absolute atomic E-state index is 0.00610. The molecule has 1 aliphatic carbocycles. The van der Waals surface area contributed by atoms with Crippen molar-refractivity contribution >= 4 is 15.8 Å². The second kappa shape index (κ2) is 4.04. The molecular formula is C8H14N4O3S. The first-order valence-electron chi connectivity index (χ1n) is 4.97. The van der Waals surface area contributed by atoms with E-state index in [4.69, 9.17) is 5.73 Å². The van der Waals surface area contributed by atoms with Crippen LogP contribution in [0.5, 0.6) is 0 Å². The molecule has 1 unspecified atom stereocenters. The number of hydrogen-bond acceptors (Lipinski definition) is 5. The molecule has 0 spiro atoms. The number of aromatic amines is 1. The topological polar surface area (TPSA) is 121 Å². The van der Waals surface area contributed by atoms with Gasteiger partial charge in [0.05, 0.1) is 12.3 Å². The Bertz CT molecular complexity index is 465. The molecule has 90 valence electrons. The van der Waals surface area contributed by atoms with Gasteiger partial charge >= 0.3 is 0 Å². The first-order valence-corrected chi connectivity index (χ1v) is 6.45. The van der Waals surface area contributed by atoms with E-state index in [1.807, 2.05) is 0 Å². The highest BCUT2D eigenvalue weighted by Gasteiger charge is 2.31. The standard InChI is InChI=1S/C8H14N4O3S/c9-8-7(4-10-12-8)16(14,15)11-3-6(13)5-1-2-5/h4-6,11,13H,1-3H2,(H3,9,10,12). The number of nitrogens with two attached hydrogens (primary N) is 1. The zero-order valence-electron chi connectivity index (χ0n) is 8.55. The molecule has 0 bridgehead atoms. The maximum atomic E-state index is 11.7. The van der Waals surface area contributed by atoms with Crippen LogP contribution in [-0.4, -0.2) is 36.4 Å². The lowest BCUT2D eigenvalue weighted by molar-refractivity contribution is 0.155. The highest BCUT2D eigenvalue weighted by Crippen LogP contribution is 2.32. The molecule has 1 aromatic rings. The van der Waals surface area contributed by atoms with E-state index in [0.717, 1.165) is 19.0 Å². The molecule has 1 saturated carbocycles. The number of anilines is 1. The third-order valence-electron chi connectivity index (χ3n) is 2.57. The summed E-state index contributed by atoms with van der Waals surface area (Å²) in [7, 11) is -3.68. The highest BCUT2D eigenvalue weighted by molar-refractivity contribution is 7.89. The van der Waals surface area contributed by atoms with E-state index in [2.05, 4.69) is 14.9 Å². The monoisotopic (exact) mass is 246 g/mol. The fourth-order valence-electron chi connectivity index (χ4n) is 1.42. The molecule has 5 N–H and O–H groups in total. The van der Waals surface area contributed by atoms with Crippen LogP contribution in [0, 0.1) is 5.92 Å². The Hall–Kier alpha value is -1.12. The van der Waals surface area contributed by atoms with E-state index < -0.39 is 16.1 Å². The molecule has 1 heterocycles. The summed E-state index contributed by atoms with van der Waals surface area (Å²) >= 11 is 0. The predicted octanol–water partition coefficient (Wildman–Crippen LogP) is -0.959. The summed E-state index contributed by atoms with van der Waals surface area (Å²) in [6.07, 6.45) is 2.43. The smallest absolute Gasteiger partial charge is 0.245 e. The summed E-state index contributed by atoms with van der Waals surface area (Å²) in [4.78, 5) is -0.0875. The molecule has 7 nitrogen and oxygen atoms in total. The summed E-state index contributed by atoms with van der Waals surface area (Å²) in [5.41, 5.74) is 5.41. The number of aromatic nitrogens is 2. The van der Waals surface area contributed by atoms with E-state index in [0.29, 0.717) is 0 Å². The molecular weight excluding hydrogens is 232 g/mol. The van der Waals surface area contributed by atoms with Crippen molar-refractivity contribution in [1.29, 1.82) is 0 Å². The number of aliphatic hydroxyl groups excluding tert-OH is 1. The number of aliphatic hydroxyl groups is 1. The molecule has 0 radical (unpaired) electrons. The van der Waals surface area contributed by atoms with Crippen molar-refractivity contribution in [3.8, 4) is 0 Å². The summed E-state index contributed by atoms with van der Waals surface area (Å²) in [6.45, 7) is 0.0115. The van der Waals surface area contributed by atoms with Gasteiger partial charge in [0.15, 0.2) is 0 Å². The number of nitrogen functional groups attached to an aromatic ring is 1. The fourth-order valence-corrected chi connectivity index (χ4v) is 2.49. The largest absolute Gasteiger partial charge is 0.391 e. The first-order chi connectivity index (χ1) is 7.50. The van der Waals surface area contributed by atoms with Crippen LogP contribution in [0.3, 0.4) is 0 Å². The number of hydrogen-bond donors (Lipinski definition) is 4. The highest BCUT2D eigenvalue weighted by atomic mass is 32.2. The van der Waals surface area contributed by atoms with Crippen molar-refractivity contribution < 1.29 is 13.5 Å². The average molecular weight is 246 g/mol. The van der Waals surface area contributed by atoms with Gasteiger partial charge in [-0.1, -0.05) is 0 Å². The van der Waals surface area contributed by atoms with Crippen molar-refractivity contribution in [3.63, 3.8) is 0 Å². The summed E-state index contributed by atoms with van der Waals surface area (Å²) in [5, 5.41) is 15.4. The van der Waals surface area contributed by atoms with E-state index in [1.165, 1.54) is 0 Å². The molecule has 1 fully saturated rings. The van der Waals surface area contributed by atoms with Crippen LogP contribution >= 0.6 is 0 Å². The SMILES string of the molecule is Nc1[nH]ncc1S(=O)(=O)NCC(O)C1CC1. The molecule has 0 amide bonds. The lowest BCUT2D eigenvalue weighted by Crippen LogP contribution is -2.33. The van der Waals surface area contributed by atoms with E-state index >= 15 is 0 Å². The van der Waals surface area contributed by atoms with Crippen LogP contribution in [-0.2, 0) is 10.0 Å². The zero-order valence-corrected chi connectivity index (χ0v) is 9.37. The maximum Gasteiger partial charge on any atom is 0.245 e. The number of H-pyrrole nitrogens is 1. The van der Waals surface area contributed by atoms with Gasteiger partial charge in [-0.25, -0.2) is 13.1 Å². The van der Waals surface area contributed by atoms with Gasteiger partial charge in [-0.05, 0) is 18.8 Å². The van der Waals surface area contributed by atoms with E-state index in [9.17, 15) is 13.5 Å². The number of nitrogens with one attached hydrogen (secondary N) is 2. The third-order valence-corrected chi connectivity index (χ3v) is 4.02. The van der Waals surface area contributed by atoms with Crippen LogP contribution in [0.25, 0.3) is 0 Å². The van der Waals surface area contributed by atoms with Crippen molar-refractivity contribution in [2.75, 3.05) is 12.3 Å². The Morgan fingerprint density at radius 3 is 2.88 bits per heavy atom. The van der Waals surface area contributed by atoms with E-state index in [-0.39, 0.29) is 23.2 Å². The van der Waals surface area contributed by atoms with Crippen LogP contribution in [0.15, 0.2) is 11.1 Å². The molecule has 1 atom stereocenters. The van der Waals surface area contributed by atoms with Gasteiger partial charge in [0.25, 0.3) is 0 Å². The van der Waals surface area contributed by atoms with Gasteiger partial charge in [-0.2, -0.15) is 5.10 Å². The van der Waals surface area contributed by atoms with Gasteiger partial charge in [-0.3, -0.25) is 5.10 Å². The van der Waals surface area contributed by atoms with Gasteiger partial charge in [0.1, 0.15) is 10.7 Å². The van der Waals surface area contributed by atoms with Crippen LogP contribution < -0.4 is 10.5 Å². The summed E-state index contributed by atoms with van der Waals surface area (Å²) in [5.74, 6) is 0.220. The molecule has 2 rings (SSSR count). The van der Waals surface area contributed by atoms with Crippen LogP contribution in [0.2, 0.25) is 0 Å². The molecule has 0 aromatic carbocycles. The van der Waals surface area contributed by atoms with Gasteiger partial charge < -0.3 is 10.8 Å². The Balaban J connectivity index is 2.00. The Kier molecular flexibility index (Phi) is 2.87. The number of rotatable bonds is 5. The number of sulfonamides is 1. The minimum Gasteiger partial charge on any atom is -0.391 e. The van der Waals surface area contributed by atoms with Gasteiger partial charge in [0.2, 0.25) is 10.0 Å². The minimum atomic E-state index is -3.68. The Morgan fingerprint density at radius 2 is 2.38 bits per heavy atom. The molecule has 1 aromatic heterocycles. The second-order valence-corrected chi connectivity index (χ2v) is 5.64. The second-order valence-electron chi connectivity index (χ2n) is 3.90.